The first-order chi connectivity index (χ1) is 21.9. The molecule has 2 aromatic rings. The summed E-state index contributed by atoms with van der Waals surface area (Å²) in [6.45, 7) is 3.71. The van der Waals surface area contributed by atoms with E-state index in [0.29, 0.717) is 23.1 Å². The van der Waals surface area contributed by atoms with Gasteiger partial charge in [-0.15, -0.1) is 0 Å². The van der Waals surface area contributed by atoms with Crippen LogP contribution in [-0.2, 0) is 36.8 Å². The monoisotopic (exact) mass is 631 g/mol. The summed E-state index contributed by atoms with van der Waals surface area (Å²) in [5.41, 5.74) is 1.76. The Morgan fingerprint density at radius 2 is 1.50 bits per heavy atom. The van der Waals surface area contributed by atoms with Crippen LogP contribution >= 0.6 is 0 Å². The molecule has 3 aliphatic rings. The summed E-state index contributed by atoms with van der Waals surface area (Å²) in [5.74, 6) is -2.65. The maximum atomic E-state index is 14.0. The number of methoxy groups -OCH3 is 1. The highest BCUT2D eigenvalue weighted by Gasteiger charge is 2.43. The highest BCUT2D eigenvalue weighted by Crippen LogP contribution is 2.39. The largest absolute Gasteiger partial charge is 0.500 e. The van der Waals surface area contributed by atoms with Gasteiger partial charge in [-0.1, -0.05) is 31.2 Å². The summed E-state index contributed by atoms with van der Waals surface area (Å²) in [6.07, 6.45) is 5.26. The Morgan fingerprint density at radius 1 is 0.935 bits per heavy atom. The van der Waals surface area contributed by atoms with Crippen molar-refractivity contribution in [2.75, 3.05) is 7.11 Å². The molecule has 2 heterocycles. The van der Waals surface area contributed by atoms with Crippen LogP contribution in [0.15, 0.2) is 60.4 Å². The molecule has 0 fully saturated rings. The van der Waals surface area contributed by atoms with E-state index in [2.05, 4.69) is 16.0 Å². The SMILES string of the molecule is COC1=CC=CCC1(C)[C@H](CC(=O)O)NC(=O)[C@@H](NC(=O)c1ccc2c(c1)B(O)OC2)[C@H](C)NC(=O)c1ccc2c(c1)B(O)OC2. The van der Waals surface area contributed by atoms with Crippen molar-refractivity contribution in [3.05, 3.63) is 82.6 Å². The van der Waals surface area contributed by atoms with Gasteiger partial charge in [0.2, 0.25) is 5.91 Å². The van der Waals surface area contributed by atoms with Gasteiger partial charge in [0.15, 0.2) is 0 Å². The molecule has 2 aromatic carbocycles. The van der Waals surface area contributed by atoms with Gasteiger partial charge in [-0.25, -0.2) is 0 Å². The molecule has 3 amide bonds. The van der Waals surface area contributed by atoms with Gasteiger partial charge in [0.05, 0.1) is 38.8 Å². The maximum absolute atomic E-state index is 14.0. The predicted octanol–water partition coefficient (Wildman–Crippen LogP) is -0.505. The minimum absolute atomic E-state index is 0.142. The number of fused-ring (bicyclic) bond motifs is 2. The van der Waals surface area contributed by atoms with Crippen LogP contribution in [0.3, 0.4) is 0 Å². The molecule has 5 rings (SSSR count). The average molecular weight is 631 g/mol. The Hall–Kier alpha value is -4.43. The van der Waals surface area contributed by atoms with Crippen LogP contribution in [0.4, 0.5) is 0 Å². The summed E-state index contributed by atoms with van der Waals surface area (Å²) in [7, 11) is -0.893. The topological polar surface area (TPSA) is 193 Å². The lowest BCUT2D eigenvalue weighted by Crippen LogP contribution is -2.61. The fraction of sp³-hybridized carbons (Fsp3) is 0.355. The highest BCUT2D eigenvalue weighted by molar-refractivity contribution is 6.62. The number of amides is 3. The summed E-state index contributed by atoms with van der Waals surface area (Å²) < 4.78 is 16.0. The molecular weight excluding hydrogens is 596 g/mol. The standard InChI is InChI=1S/C31H35B2N3O10/c1-17(34-28(39)18-7-9-20-15-45-32(42)22(20)12-18)27(36-29(40)19-8-10-21-16-46-33(43)23(21)13-19)30(41)35-24(14-26(37)38)31(2)11-5-4-6-25(31)44-3/h4-10,12-13,17,24,27,42-43H,11,14-16H2,1-3H3,(H,34,39)(H,35,41)(H,36,40)(H,37,38)/t17-,24-,27-,31?/m0/s1. The summed E-state index contributed by atoms with van der Waals surface area (Å²) in [4.78, 5) is 52.8. The van der Waals surface area contributed by atoms with Gasteiger partial charge in [-0.3, -0.25) is 19.2 Å². The van der Waals surface area contributed by atoms with Crippen molar-refractivity contribution in [3.63, 3.8) is 0 Å². The van der Waals surface area contributed by atoms with Crippen molar-refractivity contribution in [2.24, 2.45) is 5.41 Å². The van der Waals surface area contributed by atoms with Crippen molar-refractivity contribution in [1.29, 1.82) is 0 Å². The average Bonchev–Trinajstić information content (AvgIpc) is 3.60. The molecule has 46 heavy (non-hydrogen) atoms. The number of benzene rings is 2. The van der Waals surface area contributed by atoms with E-state index in [9.17, 15) is 34.3 Å². The molecule has 1 aliphatic carbocycles. The third-order valence-corrected chi connectivity index (χ3v) is 8.74. The van der Waals surface area contributed by atoms with Crippen molar-refractivity contribution in [2.45, 2.75) is 58.0 Å². The fourth-order valence-corrected chi connectivity index (χ4v) is 5.97. The van der Waals surface area contributed by atoms with Crippen LogP contribution < -0.4 is 26.9 Å². The molecule has 13 nitrogen and oxygen atoms in total. The van der Waals surface area contributed by atoms with Crippen molar-refractivity contribution in [1.82, 2.24) is 16.0 Å². The van der Waals surface area contributed by atoms with Crippen molar-refractivity contribution >= 4 is 48.9 Å². The first-order valence-electron chi connectivity index (χ1n) is 14.8. The zero-order valence-electron chi connectivity index (χ0n) is 25.6. The Morgan fingerprint density at radius 3 is 2.04 bits per heavy atom. The molecule has 0 radical (unpaired) electrons. The second kappa shape index (κ2) is 13.5. The van der Waals surface area contributed by atoms with E-state index in [1.165, 1.54) is 32.2 Å². The van der Waals surface area contributed by atoms with Gasteiger partial charge in [0, 0.05) is 16.5 Å². The van der Waals surface area contributed by atoms with E-state index in [1.807, 2.05) is 6.08 Å². The molecule has 240 valence electrons. The van der Waals surface area contributed by atoms with Gasteiger partial charge in [0.1, 0.15) is 11.8 Å². The lowest BCUT2D eigenvalue weighted by molar-refractivity contribution is -0.138. The number of hydrogen-bond donors (Lipinski definition) is 6. The van der Waals surface area contributed by atoms with Crippen LogP contribution in [0, 0.1) is 5.41 Å². The number of carbonyl (C=O) groups is 4. The molecule has 6 N–H and O–H groups in total. The molecule has 0 bridgehead atoms. The summed E-state index contributed by atoms with van der Waals surface area (Å²) in [5, 5.41) is 38.2. The van der Waals surface area contributed by atoms with Crippen molar-refractivity contribution < 1.29 is 48.4 Å². The van der Waals surface area contributed by atoms with E-state index in [1.54, 1.807) is 37.3 Å². The van der Waals surface area contributed by atoms with E-state index in [-0.39, 0.29) is 24.3 Å². The van der Waals surface area contributed by atoms with E-state index < -0.39 is 67.9 Å². The van der Waals surface area contributed by atoms with Crippen LogP contribution in [0.2, 0.25) is 0 Å². The zero-order valence-corrected chi connectivity index (χ0v) is 25.6. The number of carbonyl (C=O) groups excluding carboxylic acids is 3. The molecule has 15 heteroatoms. The lowest BCUT2D eigenvalue weighted by Gasteiger charge is -2.40. The Bertz CT molecular complexity index is 1610. The number of ether oxygens (including phenoxy) is 1. The number of rotatable bonds is 11. The van der Waals surface area contributed by atoms with Crippen molar-refractivity contribution in [3.8, 4) is 0 Å². The second-order valence-electron chi connectivity index (χ2n) is 11.8. The molecule has 0 saturated carbocycles. The number of carboxylic acid groups (broad SMARTS) is 1. The Balaban J connectivity index is 1.42. The number of carboxylic acids is 1. The van der Waals surface area contributed by atoms with Crippen LogP contribution in [-0.4, -0.2) is 78.3 Å². The zero-order chi connectivity index (χ0) is 33.2. The first-order valence-corrected chi connectivity index (χ1v) is 14.8. The number of hydrogen-bond acceptors (Lipinski definition) is 9. The molecule has 4 atom stereocenters. The molecule has 0 spiro atoms. The first kappa shape index (κ1) is 32.9. The second-order valence-corrected chi connectivity index (χ2v) is 11.8. The molecule has 0 aromatic heterocycles. The normalized spacial score (nSPS) is 20.2. The third-order valence-electron chi connectivity index (χ3n) is 8.74. The number of nitrogens with one attached hydrogen (secondary N) is 3. The number of aliphatic carboxylic acids is 1. The molecule has 2 aliphatic heterocycles. The lowest BCUT2D eigenvalue weighted by atomic mass is 9.73. The minimum Gasteiger partial charge on any atom is -0.500 e. The Labute approximate surface area is 266 Å². The van der Waals surface area contributed by atoms with Gasteiger partial charge in [0.25, 0.3) is 11.8 Å². The van der Waals surface area contributed by atoms with E-state index in [4.69, 9.17) is 14.0 Å². The van der Waals surface area contributed by atoms with Gasteiger partial charge in [-0.05, 0) is 65.7 Å². The van der Waals surface area contributed by atoms with Gasteiger partial charge < -0.3 is 45.2 Å². The van der Waals surface area contributed by atoms with Gasteiger partial charge in [-0.2, -0.15) is 0 Å². The quantitative estimate of drug-likeness (QED) is 0.176. The maximum Gasteiger partial charge on any atom is 0.491 e. The fourth-order valence-electron chi connectivity index (χ4n) is 5.97. The molecule has 1 unspecified atom stereocenters. The summed E-state index contributed by atoms with van der Waals surface area (Å²) in [6, 6.07) is 6.04. The Kier molecular flexibility index (Phi) is 9.68. The van der Waals surface area contributed by atoms with E-state index >= 15 is 0 Å². The van der Waals surface area contributed by atoms with Crippen LogP contribution in [0.1, 0.15) is 58.5 Å². The summed E-state index contributed by atoms with van der Waals surface area (Å²) >= 11 is 0. The van der Waals surface area contributed by atoms with Crippen LogP contribution in [0.25, 0.3) is 0 Å². The van der Waals surface area contributed by atoms with E-state index in [0.717, 1.165) is 11.1 Å². The third kappa shape index (κ3) is 6.72. The minimum atomic E-state index is -1.37. The molecule has 0 saturated heterocycles. The molecular formula is C31H35B2N3O10. The highest BCUT2D eigenvalue weighted by atomic mass is 16.5. The number of allylic oxidation sites excluding steroid dienone is 3. The van der Waals surface area contributed by atoms with Crippen LogP contribution in [0.5, 0.6) is 0 Å². The predicted molar refractivity (Wildman–Crippen MR) is 167 cm³/mol. The smallest absolute Gasteiger partial charge is 0.491 e. The van der Waals surface area contributed by atoms with Gasteiger partial charge >= 0.3 is 20.2 Å².